The summed E-state index contributed by atoms with van der Waals surface area (Å²) >= 11 is 4.31. The molecule has 0 aliphatic rings. The second kappa shape index (κ2) is 18.1. The number of hydrogen-bond acceptors (Lipinski definition) is 12. The van der Waals surface area contributed by atoms with E-state index in [4.69, 9.17) is 37.9 Å². The van der Waals surface area contributed by atoms with Gasteiger partial charge in [-0.3, -0.25) is 9.59 Å². The summed E-state index contributed by atoms with van der Waals surface area (Å²) in [5, 5.41) is 19.9. The topological polar surface area (TPSA) is 184 Å². The van der Waals surface area contributed by atoms with Crippen molar-refractivity contribution in [2.24, 2.45) is 0 Å². The van der Waals surface area contributed by atoms with E-state index in [1.807, 2.05) is 0 Å². The zero-order valence-corrected chi connectivity index (χ0v) is 25.1. The molecule has 3 aromatic rings. The Hall–Kier alpha value is -2.75. The second-order valence-corrected chi connectivity index (χ2v) is 11.6. The van der Waals surface area contributed by atoms with Gasteiger partial charge in [0.2, 0.25) is 5.75 Å². The minimum Gasteiger partial charge on any atom is -0.504 e. The van der Waals surface area contributed by atoms with Crippen LogP contribution < -0.4 is 5.43 Å². The standard InChI is InChI=1S/C28H35O13PS/c29-23(7-8-35-9-10-36-11-12-37-13-14-38-15-16-39-17-18-40-42(33,34)43)20-1-3-21(4-2-20)26-19-25(31)22-5-6-24(30)27(32)28(22)41-26/h1-6,19,30,32H,7-18H2,(H2,33,34,43). The Morgan fingerprint density at radius 1 is 0.744 bits per heavy atom. The van der Waals surface area contributed by atoms with Gasteiger partial charge in [-0.15, -0.1) is 0 Å². The maximum absolute atomic E-state index is 12.5. The molecule has 4 N–H and O–H groups in total. The first-order valence-corrected chi connectivity index (χ1v) is 16.0. The Morgan fingerprint density at radius 3 is 1.79 bits per heavy atom. The zero-order chi connectivity index (χ0) is 31.1. The van der Waals surface area contributed by atoms with Crippen molar-refractivity contribution in [2.75, 3.05) is 72.7 Å². The summed E-state index contributed by atoms with van der Waals surface area (Å²) in [6.45, 7) is -0.257. The van der Waals surface area contributed by atoms with E-state index < -0.39 is 18.2 Å². The van der Waals surface area contributed by atoms with Crippen LogP contribution in [0.1, 0.15) is 16.8 Å². The van der Waals surface area contributed by atoms with E-state index in [0.717, 1.165) is 0 Å². The summed E-state index contributed by atoms with van der Waals surface area (Å²) in [4.78, 5) is 42.7. The molecule has 0 unspecified atom stereocenters. The van der Waals surface area contributed by atoms with Gasteiger partial charge in [0.25, 0.3) is 0 Å². The fraction of sp³-hybridized carbons (Fsp3) is 0.429. The van der Waals surface area contributed by atoms with Crippen LogP contribution in [-0.4, -0.2) is 98.5 Å². The number of Topliss-reactive ketones (excluding diaryl/α,β-unsaturated/α-hetero) is 1. The number of ether oxygens (including phenoxy) is 5. The largest absolute Gasteiger partial charge is 0.504 e. The molecule has 0 aliphatic carbocycles. The Kier molecular flexibility index (Phi) is 14.7. The van der Waals surface area contributed by atoms with Crippen LogP contribution in [0.4, 0.5) is 0 Å². The summed E-state index contributed by atoms with van der Waals surface area (Å²) in [6.07, 6.45) is 0.182. The summed E-state index contributed by atoms with van der Waals surface area (Å²) in [5.41, 5.74) is 0.523. The van der Waals surface area contributed by atoms with Crippen molar-refractivity contribution >= 4 is 35.3 Å². The number of aromatic hydroxyl groups is 2. The number of rotatable bonds is 21. The van der Waals surface area contributed by atoms with E-state index in [1.54, 1.807) is 24.3 Å². The van der Waals surface area contributed by atoms with Crippen LogP contribution in [0.2, 0.25) is 0 Å². The molecule has 1 aromatic heterocycles. The van der Waals surface area contributed by atoms with Gasteiger partial charge in [0.05, 0.1) is 78.1 Å². The van der Waals surface area contributed by atoms with Crippen molar-refractivity contribution < 1.29 is 57.4 Å². The molecule has 0 saturated heterocycles. The molecule has 0 spiro atoms. The smallest absolute Gasteiger partial charge is 0.321 e. The Morgan fingerprint density at radius 2 is 1.26 bits per heavy atom. The van der Waals surface area contributed by atoms with E-state index in [0.29, 0.717) is 64.0 Å². The normalized spacial score (nSPS) is 11.8. The highest BCUT2D eigenvalue weighted by atomic mass is 32.5. The maximum atomic E-state index is 12.5. The first-order chi connectivity index (χ1) is 20.7. The van der Waals surface area contributed by atoms with Crippen LogP contribution in [-0.2, 0) is 40.0 Å². The zero-order valence-electron chi connectivity index (χ0n) is 23.3. The lowest BCUT2D eigenvalue weighted by Gasteiger charge is -2.09. The van der Waals surface area contributed by atoms with E-state index in [2.05, 4.69) is 16.3 Å². The van der Waals surface area contributed by atoms with Crippen LogP contribution in [0, 0.1) is 0 Å². The average molecular weight is 643 g/mol. The molecular weight excluding hydrogens is 607 g/mol. The van der Waals surface area contributed by atoms with Crippen LogP contribution >= 0.6 is 6.72 Å². The van der Waals surface area contributed by atoms with Crippen LogP contribution in [0.5, 0.6) is 11.5 Å². The number of phenols is 2. The average Bonchev–Trinajstić information content (AvgIpc) is 2.98. The number of benzene rings is 2. The number of carbonyl (C=O) groups is 1. The molecule has 0 aliphatic heterocycles. The number of ketones is 1. The van der Waals surface area contributed by atoms with E-state index in [1.165, 1.54) is 18.2 Å². The van der Waals surface area contributed by atoms with E-state index in [9.17, 15) is 19.8 Å². The van der Waals surface area contributed by atoms with E-state index >= 15 is 0 Å². The maximum Gasteiger partial charge on any atom is 0.321 e. The molecule has 2 aromatic carbocycles. The minimum atomic E-state index is -3.63. The summed E-state index contributed by atoms with van der Waals surface area (Å²) in [7, 11) is 0. The van der Waals surface area contributed by atoms with Gasteiger partial charge < -0.3 is 52.6 Å². The van der Waals surface area contributed by atoms with Gasteiger partial charge in [-0.1, -0.05) is 24.3 Å². The van der Waals surface area contributed by atoms with Gasteiger partial charge >= 0.3 is 6.72 Å². The lowest BCUT2D eigenvalue weighted by Crippen LogP contribution is -2.14. The molecule has 0 amide bonds. The molecular formula is C28H35O13PS. The first kappa shape index (κ1) is 34.7. The van der Waals surface area contributed by atoms with Crippen molar-refractivity contribution in [2.45, 2.75) is 6.42 Å². The number of hydrogen-bond donors (Lipinski definition) is 4. The fourth-order valence-electron chi connectivity index (χ4n) is 3.66. The van der Waals surface area contributed by atoms with Gasteiger partial charge in [0.15, 0.2) is 22.5 Å². The number of fused-ring (bicyclic) bond motifs is 1. The molecule has 3 rings (SSSR count). The van der Waals surface area contributed by atoms with Crippen molar-refractivity contribution in [1.82, 2.24) is 0 Å². The summed E-state index contributed by atoms with van der Waals surface area (Å²) in [5.74, 6) is -0.824. The van der Waals surface area contributed by atoms with Crippen LogP contribution in [0.25, 0.3) is 22.3 Å². The third-order valence-electron chi connectivity index (χ3n) is 5.79. The van der Waals surface area contributed by atoms with Crippen LogP contribution in [0.15, 0.2) is 51.7 Å². The molecule has 1 heterocycles. The monoisotopic (exact) mass is 642 g/mol. The molecule has 15 heteroatoms. The highest BCUT2D eigenvalue weighted by Gasteiger charge is 2.14. The predicted octanol–water partition coefficient (Wildman–Crippen LogP) is 2.75. The summed E-state index contributed by atoms with van der Waals surface area (Å²) < 4.78 is 37.1. The van der Waals surface area contributed by atoms with Gasteiger partial charge in [0, 0.05) is 23.6 Å². The predicted molar refractivity (Wildman–Crippen MR) is 159 cm³/mol. The number of phenolic OH excluding ortho intramolecular Hbond substituents is 2. The minimum absolute atomic E-state index is 0.00539. The lowest BCUT2D eigenvalue weighted by molar-refractivity contribution is -0.0128. The Balaban J connectivity index is 1.21. The van der Waals surface area contributed by atoms with Crippen molar-refractivity contribution in [3.8, 4) is 22.8 Å². The molecule has 0 saturated carbocycles. The highest BCUT2D eigenvalue weighted by Crippen LogP contribution is 2.36. The summed E-state index contributed by atoms with van der Waals surface area (Å²) in [6, 6.07) is 10.4. The SMILES string of the molecule is O=C(CCOCCOCCOCCOCCOCCOP(O)(O)=S)c1ccc(-c2cc(=O)c3ccc(O)c(O)c3o2)cc1. The molecule has 0 fully saturated rings. The third-order valence-corrected chi connectivity index (χ3v) is 6.63. The molecule has 13 nitrogen and oxygen atoms in total. The van der Waals surface area contributed by atoms with Gasteiger partial charge in [-0.25, -0.2) is 0 Å². The first-order valence-electron chi connectivity index (χ1n) is 13.4. The molecule has 0 atom stereocenters. The van der Waals surface area contributed by atoms with Gasteiger partial charge in [-0.2, -0.15) is 0 Å². The van der Waals surface area contributed by atoms with Crippen molar-refractivity contribution in [3.63, 3.8) is 0 Å². The molecule has 43 heavy (non-hydrogen) atoms. The molecule has 0 bridgehead atoms. The van der Waals surface area contributed by atoms with Crippen LogP contribution in [0.3, 0.4) is 0 Å². The highest BCUT2D eigenvalue weighted by molar-refractivity contribution is 8.06. The van der Waals surface area contributed by atoms with Gasteiger partial charge in [-0.05, 0) is 23.9 Å². The number of carbonyl (C=O) groups excluding carboxylic acids is 1. The third kappa shape index (κ3) is 12.4. The Labute approximate surface area is 252 Å². The quantitative estimate of drug-likeness (QED) is 0.0576. The van der Waals surface area contributed by atoms with Crippen molar-refractivity contribution in [3.05, 3.63) is 58.3 Å². The van der Waals surface area contributed by atoms with Crippen molar-refractivity contribution in [1.29, 1.82) is 0 Å². The fourth-order valence-corrected chi connectivity index (χ4v) is 4.20. The Bertz CT molecular complexity index is 1400. The van der Waals surface area contributed by atoms with E-state index in [-0.39, 0.29) is 54.2 Å². The lowest BCUT2D eigenvalue weighted by atomic mass is 10.0. The van der Waals surface area contributed by atoms with Gasteiger partial charge in [0.1, 0.15) is 5.76 Å². The molecule has 236 valence electrons. The molecule has 0 radical (unpaired) electrons. The second-order valence-electron chi connectivity index (χ2n) is 8.92.